The van der Waals surface area contributed by atoms with Gasteiger partial charge >= 0.3 is 0 Å². The quantitative estimate of drug-likeness (QED) is 0.686. The highest BCUT2D eigenvalue weighted by atomic mass is 79.9. The first-order chi connectivity index (χ1) is 9.04. The van der Waals surface area contributed by atoms with E-state index in [4.69, 9.17) is 0 Å². The number of nitrogens with one attached hydrogen (secondary N) is 2. The summed E-state index contributed by atoms with van der Waals surface area (Å²) in [5.74, 6) is -0.505. The Bertz CT molecular complexity index is 471. The second kappa shape index (κ2) is 8.16. The highest BCUT2D eigenvalue weighted by molar-refractivity contribution is 9.10. The molecule has 0 unspecified atom stereocenters. The molecule has 0 aliphatic heterocycles. The summed E-state index contributed by atoms with van der Waals surface area (Å²) < 4.78 is 13.5. The molecular formula is C12H14BrFN2O2S. The van der Waals surface area contributed by atoms with Gasteiger partial charge in [-0.15, -0.1) is 0 Å². The second-order valence-corrected chi connectivity index (χ2v) is 5.01. The summed E-state index contributed by atoms with van der Waals surface area (Å²) in [4.78, 5) is 23.0. The molecule has 0 radical (unpaired) electrons. The van der Waals surface area contributed by atoms with Crippen LogP contribution in [0.1, 0.15) is 16.8 Å². The molecular weight excluding hydrogens is 335 g/mol. The SMILES string of the molecule is O=C(CCNC(=O)c1cc(F)ccc1Br)NCCS. The average Bonchev–Trinajstić information content (AvgIpc) is 2.39. The maximum atomic E-state index is 13.0. The Hall–Kier alpha value is -1.08. The Labute approximate surface area is 124 Å². The van der Waals surface area contributed by atoms with Crippen molar-refractivity contribution < 1.29 is 14.0 Å². The second-order valence-electron chi connectivity index (χ2n) is 3.70. The summed E-state index contributed by atoms with van der Waals surface area (Å²) in [6, 6.07) is 3.86. The summed E-state index contributed by atoms with van der Waals surface area (Å²) in [6.07, 6.45) is 0.173. The van der Waals surface area contributed by atoms with E-state index in [9.17, 15) is 14.0 Å². The van der Waals surface area contributed by atoms with Crippen molar-refractivity contribution in [1.82, 2.24) is 10.6 Å². The van der Waals surface area contributed by atoms with Gasteiger partial charge in [0.15, 0.2) is 0 Å². The fourth-order valence-corrected chi connectivity index (χ4v) is 1.88. The van der Waals surface area contributed by atoms with Gasteiger partial charge < -0.3 is 10.6 Å². The molecule has 19 heavy (non-hydrogen) atoms. The van der Waals surface area contributed by atoms with E-state index < -0.39 is 11.7 Å². The van der Waals surface area contributed by atoms with Crippen molar-refractivity contribution in [1.29, 1.82) is 0 Å². The summed E-state index contributed by atoms with van der Waals surface area (Å²) in [6.45, 7) is 0.686. The largest absolute Gasteiger partial charge is 0.355 e. The minimum atomic E-state index is -0.486. The van der Waals surface area contributed by atoms with E-state index in [2.05, 4.69) is 39.2 Å². The predicted molar refractivity (Wildman–Crippen MR) is 77.9 cm³/mol. The molecule has 1 aromatic carbocycles. The fraction of sp³-hybridized carbons (Fsp3) is 0.333. The van der Waals surface area contributed by atoms with Gasteiger partial charge in [-0.25, -0.2) is 4.39 Å². The molecule has 0 saturated carbocycles. The number of rotatable bonds is 6. The van der Waals surface area contributed by atoms with Crippen LogP contribution in [-0.4, -0.2) is 30.7 Å². The standard InChI is InChI=1S/C12H14BrFN2O2S/c13-10-2-1-8(14)7-9(10)12(18)16-4-3-11(17)15-5-6-19/h1-2,7,19H,3-6H2,(H,15,17)(H,16,18). The molecule has 0 spiro atoms. The van der Waals surface area contributed by atoms with Gasteiger partial charge in [-0.3, -0.25) is 9.59 Å². The van der Waals surface area contributed by atoms with Crippen LogP contribution >= 0.6 is 28.6 Å². The Morgan fingerprint density at radius 2 is 2.00 bits per heavy atom. The van der Waals surface area contributed by atoms with Gasteiger partial charge in [0.25, 0.3) is 5.91 Å². The third kappa shape index (κ3) is 5.61. The number of carbonyl (C=O) groups excluding carboxylic acids is 2. The van der Waals surface area contributed by atoms with E-state index in [1.165, 1.54) is 12.1 Å². The maximum Gasteiger partial charge on any atom is 0.252 e. The maximum absolute atomic E-state index is 13.0. The summed E-state index contributed by atoms with van der Waals surface area (Å²) in [5.41, 5.74) is 0.204. The van der Waals surface area contributed by atoms with Gasteiger partial charge in [-0.05, 0) is 34.1 Å². The molecule has 1 aromatic rings. The molecule has 0 aromatic heterocycles. The lowest BCUT2D eigenvalue weighted by Gasteiger charge is -2.07. The molecule has 0 saturated heterocycles. The number of benzene rings is 1. The van der Waals surface area contributed by atoms with Gasteiger partial charge in [-0.2, -0.15) is 12.6 Å². The smallest absolute Gasteiger partial charge is 0.252 e. The molecule has 2 N–H and O–H groups in total. The van der Waals surface area contributed by atoms with E-state index in [-0.39, 0.29) is 24.4 Å². The minimum Gasteiger partial charge on any atom is -0.355 e. The molecule has 0 aliphatic rings. The molecule has 0 aliphatic carbocycles. The van der Waals surface area contributed by atoms with Crippen LogP contribution in [0.5, 0.6) is 0 Å². The predicted octanol–water partition coefficient (Wildman–Crippen LogP) is 1.75. The Kier molecular flexibility index (Phi) is 6.86. The first-order valence-corrected chi connectivity index (χ1v) is 7.08. The molecule has 7 heteroatoms. The van der Waals surface area contributed by atoms with Gasteiger partial charge in [0.2, 0.25) is 5.91 Å². The average molecular weight is 349 g/mol. The number of carbonyl (C=O) groups is 2. The normalized spacial score (nSPS) is 10.1. The summed E-state index contributed by atoms with van der Waals surface area (Å²) in [5, 5.41) is 5.19. The highest BCUT2D eigenvalue weighted by Gasteiger charge is 2.11. The summed E-state index contributed by atoms with van der Waals surface area (Å²) >= 11 is 7.13. The first-order valence-electron chi connectivity index (χ1n) is 5.65. The van der Waals surface area contributed by atoms with Crippen molar-refractivity contribution in [2.45, 2.75) is 6.42 Å². The van der Waals surface area contributed by atoms with Crippen molar-refractivity contribution >= 4 is 40.4 Å². The van der Waals surface area contributed by atoms with E-state index >= 15 is 0 Å². The molecule has 0 atom stereocenters. The zero-order valence-corrected chi connectivity index (χ0v) is 12.6. The lowest BCUT2D eigenvalue weighted by molar-refractivity contribution is -0.120. The lowest BCUT2D eigenvalue weighted by Crippen LogP contribution is -2.31. The zero-order chi connectivity index (χ0) is 14.3. The number of halogens is 2. The van der Waals surface area contributed by atoms with Crippen molar-refractivity contribution in [3.8, 4) is 0 Å². The molecule has 2 amide bonds. The molecule has 0 fully saturated rings. The van der Waals surface area contributed by atoms with E-state index in [1.54, 1.807) is 0 Å². The fourth-order valence-electron chi connectivity index (χ4n) is 1.34. The van der Waals surface area contributed by atoms with Crippen LogP contribution in [0.25, 0.3) is 0 Å². The highest BCUT2D eigenvalue weighted by Crippen LogP contribution is 2.17. The monoisotopic (exact) mass is 348 g/mol. The topological polar surface area (TPSA) is 58.2 Å². The van der Waals surface area contributed by atoms with Crippen molar-refractivity contribution in [3.05, 3.63) is 34.1 Å². The number of amides is 2. The van der Waals surface area contributed by atoms with E-state index in [0.717, 1.165) is 6.07 Å². The lowest BCUT2D eigenvalue weighted by atomic mass is 10.2. The molecule has 1 rings (SSSR count). The van der Waals surface area contributed by atoms with Gasteiger partial charge in [-0.1, -0.05) is 0 Å². The van der Waals surface area contributed by atoms with Crippen LogP contribution in [0.15, 0.2) is 22.7 Å². The Balaban J connectivity index is 2.43. The third-order valence-corrected chi connectivity index (χ3v) is 3.16. The van der Waals surface area contributed by atoms with Crippen molar-refractivity contribution in [2.75, 3.05) is 18.8 Å². The van der Waals surface area contributed by atoms with Crippen LogP contribution in [0.4, 0.5) is 4.39 Å². The van der Waals surface area contributed by atoms with Crippen LogP contribution in [-0.2, 0) is 4.79 Å². The number of hydrogen-bond acceptors (Lipinski definition) is 3. The Morgan fingerprint density at radius 3 is 2.68 bits per heavy atom. The molecule has 0 heterocycles. The van der Waals surface area contributed by atoms with Gasteiger partial charge in [0, 0.05) is 29.7 Å². The van der Waals surface area contributed by atoms with Crippen LogP contribution in [0.2, 0.25) is 0 Å². The van der Waals surface area contributed by atoms with Crippen LogP contribution in [0, 0.1) is 5.82 Å². The first kappa shape index (κ1) is 16.0. The third-order valence-electron chi connectivity index (χ3n) is 2.24. The van der Waals surface area contributed by atoms with Gasteiger partial charge in [0.1, 0.15) is 5.82 Å². The molecule has 0 bridgehead atoms. The van der Waals surface area contributed by atoms with Gasteiger partial charge in [0.05, 0.1) is 5.56 Å². The Morgan fingerprint density at radius 1 is 1.26 bits per heavy atom. The van der Waals surface area contributed by atoms with E-state index in [1.807, 2.05) is 0 Å². The van der Waals surface area contributed by atoms with Crippen molar-refractivity contribution in [2.24, 2.45) is 0 Å². The number of thiol groups is 1. The van der Waals surface area contributed by atoms with Crippen LogP contribution < -0.4 is 10.6 Å². The summed E-state index contributed by atoms with van der Waals surface area (Å²) in [7, 11) is 0. The molecule has 104 valence electrons. The minimum absolute atomic E-state index is 0.160. The van der Waals surface area contributed by atoms with Crippen LogP contribution in [0.3, 0.4) is 0 Å². The zero-order valence-electron chi connectivity index (χ0n) is 10.1. The molecule has 4 nitrogen and oxygen atoms in total. The number of hydrogen-bond donors (Lipinski definition) is 3. The van der Waals surface area contributed by atoms with Crippen molar-refractivity contribution in [3.63, 3.8) is 0 Å². The van der Waals surface area contributed by atoms with E-state index in [0.29, 0.717) is 16.8 Å².